The summed E-state index contributed by atoms with van der Waals surface area (Å²) in [5, 5.41) is 1.72. The summed E-state index contributed by atoms with van der Waals surface area (Å²) in [4.78, 5) is 30.1. The molecule has 0 spiro atoms. The van der Waals surface area contributed by atoms with Crippen LogP contribution in [0.5, 0.6) is 0 Å². The first kappa shape index (κ1) is 22.0. The Hall–Kier alpha value is -4.19. The van der Waals surface area contributed by atoms with Gasteiger partial charge >= 0.3 is 6.03 Å². The minimum atomic E-state index is -0.786. The van der Waals surface area contributed by atoms with Crippen molar-refractivity contribution in [3.8, 4) is 11.3 Å². The lowest BCUT2D eigenvalue weighted by Crippen LogP contribution is -2.49. The van der Waals surface area contributed by atoms with Gasteiger partial charge in [0.05, 0.1) is 22.5 Å². The van der Waals surface area contributed by atoms with Crippen molar-refractivity contribution >= 4 is 28.5 Å². The van der Waals surface area contributed by atoms with E-state index in [4.69, 9.17) is 10.7 Å². The first-order valence-electron chi connectivity index (χ1n) is 10.7. The molecule has 4 aromatic rings. The summed E-state index contributed by atoms with van der Waals surface area (Å²) in [7, 11) is 0. The molecule has 3 aromatic carbocycles. The Morgan fingerprint density at radius 2 is 1.52 bits per heavy atom. The van der Waals surface area contributed by atoms with E-state index in [1.165, 1.54) is 5.56 Å². The Morgan fingerprint density at radius 1 is 0.879 bits per heavy atom. The fraction of sp³-hybridized carbons (Fsp3) is 0.148. The highest BCUT2D eigenvalue weighted by molar-refractivity contribution is 6.09. The molecule has 4 rings (SSSR count). The van der Waals surface area contributed by atoms with Gasteiger partial charge in [-0.2, -0.15) is 0 Å². The van der Waals surface area contributed by atoms with Crippen LogP contribution in [0.15, 0.2) is 84.9 Å². The lowest BCUT2D eigenvalue weighted by molar-refractivity contribution is 0.0952. The van der Waals surface area contributed by atoms with Gasteiger partial charge in [-0.25, -0.2) is 14.8 Å². The number of anilines is 1. The van der Waals surface area contributed by atoms with Gasteiger partial charge in [0.25, 0.3) is 5.91 Å². The molecule has 3 amide bonds. The number of rotatable bonds is 3. The Bertz CT molecular complexity index is 1310. The summed E-state index contributed by atoms with van der Waals surface area (Å²) in [5.41, 5.74) is 12.6. The van der Waals surface area contributed by atoms with Crippen LogP contribution in [0, 0.1) is 0 Å². The van der Waals surface area contributed by atoms with Crippen molar-refractivity contribution in [1.29, 1.82) is 0 Å². The second kappa shape index (κ2) is 8.74. The number of primary amides is 1. The molecule has 0 radical (unpaired) electrons. The van der Waals surface area contributed by atoms with Crippen LogP contribution < -0.4 is 16.2 Å². The summed E-state index contributed by atoms with van der Waals surface area (Å²) in [5.74, 6) is -0.455. The Morgan fingerprint density at radius 3 is 2.15 bits per heavy atom. The van der Waals surface area contributed by atoms with E-state index in [1.807, 2.05) is 42.5 Å². The second-order valence-electron chi connectivity index (χ2n) is 8.85. The quantitative estimate of drug-likeness (QED) is 0.418. The zero-order valence-electron chi connectivity index (χ0n) is 18.9. The van der Waals surface area contributed by atoms with Gasteiger partial charge in [-0.15, -0.1) is 0 Å². The van der Waals surface area contributed by atoms with Gasteiger partial charge < -0.3 is 5.73 Å². The van der Waals surface area contributed by atoms with E-state index >= 15 is 0 Å². The third-order valence-electron chi connectivity index (χ3n) is 5.46. The molecule has 0 atom stereocenters. The topological polar surface area (TPSA) is 88.3 Å². The van der Waals surface area contributed by atoms with Gasteiger partial charge in [0.1, 0.15) is 0 Å². The van der Waals surface area contributed by atoms with Crippen LogP contribution in [0.25, 0.3) is 22.2 Å². The van der Waals surface area contributed by atoms with E-state index in [1.54, 1.807) is 30.3 Å². The number of nitrogens with zero attached hydrogens (tertiary/aromatic N) is 2. The van der Waals surface area contributed by atoms with Gasteiger partial charge in [0, 0.05) is 10.9 Å². The molecule has 1 aromatic heterocycles. The molecule has 166 valence electrons. The van der Waals surface area contributed by atoms with E-state index in [-0.39, 0.29) is 5.41 Å². The van der Waals surface area contributed by atoms with E-state index in [9.17, 15) is 9.59 Å². The molecule has 0 bridgehead atoms. The third kappa shape index (κ3) is 4.70. The number of benzene rings is 3. The summed E-state index contributed by atoms with van der Waals surface area (Å²) < 4.78 is 0. The second-order valence-corrected chi connectivity index (χ2v) is 8.85. The highest BCUT2D eigenvalue weighted by atomic mass is 16.2. The number of pyridine rings is 1. The predicted molar refractivity (Wildman–Crippen MR) is 132 cm³/mol. The average molecular weight is 439 g/mol. The van der Waals surface area contributed by atoms with Crippen LogP contribution in [-0.2, 0) is 5.41 Å². The molecule has 3 N–H and O–H groups in total. The van der Waals surface area contributed by atoms with Gasteiger partial charge in [-0.05, 0) is 35.2 Å². The van der Waals surface area contributed by atoms with Crippen LogP contribution in [0.3, 0.4) is 0 Å². The average Bonchev–Trinajstić information content (AvgIpc) is 2.81. The molecular formula is C27H26N4O2. The van der Waals surface area contributed by atoms with Crippen LogP contribution in [0.2, 0.25) is 0 Å². The van der Waals surface area contributed by atoms with Gasteiger partial charge in [0.2, 0.25) is 0 Å². The third-order valence-corrected chi connectivity index (χ3v) is 5.46. The van der Waals surface area contributed by atoms with Crippen LogP contribution in [-0.4, -0.2) is 16.9 Å². The SMILES string of the molecule is CC(C)(C)c1ccc(-c2cc(C(=O)NN(C(N)=O)c3ccccc3)c3ccccc3n2)cc1. The summed E-state index contributed by atoms with van der Waals surface area (Å²) in [6.45, 7) is 6.49. The Labute approximate surface area is 193 Å². The lowest BCUT2D eigenvalue weighted by Gasteiger charge is -2.22. The number of carbonyl (C=O) groups is 2. The van der Waals surface area contributed by atoms with E-state index in [2.05, 4.69) is 38.3 Å². The minimum Gasteiger partial charge on any atom is -0.350 e. The fourth-order valence-corrected chi connectivity index (χ4v) is 3.64. The summed E-state index contributed by atoms with van der Waals surface area (Å²) in [6.07, 6.45) is 0. The van der Waals surface area contributed by atoms with Crippen molar-refractivity contribution in [3.05, 3.63) is 96.1 Å². The minimum absolute atomic E-state index is 0.0377. The number of amides is 3. The van der Waals surface area contributed by atoms with Crippen LogP contribution in [0.1, 0.15) is 36.7 Å². The molecule has 33 heavy (non-hydrogen) atoms. The molecule has 0 fully saturated rings. The molecule has 6 nitrogen and oxygen atoms in total. The smallest absolute Gasteiger partial charge is 0.338 e. The van der Waals surface area contributed by atoms with Gasteiger partial charge in [0.15, 0.2) is 0 Å². The predicted octanol–water partition coefficient (Wildman–Crippen LogP) is 5.43. The number of hydrogen-bond donors (Lipinski definition) is 2. The van der Waals surface area contributed by atoms with Crippen molar-refractivity contribution in [2.24, 2.45) is 5.73 Å². The van der Waals surface area contributed by atoms with E-state index in [0.29, 0.717) is 27.8 Å². The maximum atomic E-state index is 13.3. The normalized spacial score (nSPS) is 11.2. The van der Waals surface area contributed by atoms with Gasteiger partial charge in [-0.1, -0.05) is 81.4 Å². The highest BCUT2D eigenvalue weighted by Crippen LogP contribution is 2.28. The summed E-state index contributed by atoms with van der Waals surface area (Å²) >= 11 is 0. The number of para-hydroxylation sites is 2. The van der Waals surface area contributed by atoms with Crippen molar-refractivity contribution in [3.63, 3.8) is 0 Å². The number of fused-ring (bicyclic) bond motifs is 1. The molecule has 1 heterocycles. The number of carbonyl (C=O) groups excluding carboxylic acids is 2. The number of hydrazine groups is 1. The van der Waals surface area contributed by atoms with E-state index in [0.717, 1.165) is 10.6 Å². The zero-order chi connectivity index (χ0) is 23.6. The summed E-state index contributed by atoms with van der Waals surface area (Å²) in [6, 6.07) is 25.3. The molecule has 0 aliphatic heterocycles. The van der Waals surface area contributed by atoms with Crippen molar-refractivity contribution in [2.45, 2.75) is 26.2 Å². The fourth-order valence-electron chi connectivity index (χ4n) is 3.64. The van der Waals surface area contributed by atoms with Crippen molar-refractivity contribution < 1.29 is 9.59 Å². The first-order valence-corrected chi connectivity index (χ1v) is 10.7. The van der Waals surface area contributed by atoms with Gasteiger partial charge in [-0.3, -0.25) is 10.2 Å². The molecular weight excluding hydrogens is 412 g/mol. The van der Waals surface area contributed by atoms with Crippen LogP contribution >= 0.6 is 0 Å². The molecule has 0 saturated carbocycles. The van der Waals surface area contributed by atoms with Crippen molar-refractivity contribution in [2.75, 3.05) is 5.01 Å². The monoisotopic (exact) mass is 438 g/mol. The largest absolute Gasteiger partial charge is 0.350 e. The number of nitrogens with one attached hydrogen (secondary N) is 1. The highest BCUT2D eigenvalue weighted by Gasteiger charge is 2.20. The molecule has 0 aliphatic rings. The maximum absolute atomic E-state index is 13.3. The number of aromatic nitrogens is 1. The Balaban J connectivity index is 1.75. The lowest BCUT2D eigenvalue weighted by atomic mass is 9.86. The van der Waals surface area contributed by atoms with E-state index < -0.39 is 11.9 Å². The molecule has 0 saturated heterocycles. The number of nitrogens with two attached hydrogens (primary N) is 1. The first-order chi connectivity index (χ1) is 15.7. The number of hydrogen-bond acceptors (Lipinski definition) is 3. The standard InChI is InChI=1S/C27H26N4O2/c1-27(2,3)19-15-13-18(14-16-19)24-17-22(21-11-7-8-12-23(21)29-24)25(32)30-31(26(28)33)20-9-5-4-6-10-20/h4-17H,1-3H3,(H2,28,33)(H,30,32). The molecule has 0 unspecified atom stereocenters. The Kier molecular flexibility index (Phi) is 5.84. The molecule has 6 heteroatoms. The maximum Gasteiger partial charge on any atom is 0.338 e. The zero-order valence-corrected chi connectivity index (χ0v) is 18.9. The molecule has 0 aliphatic carbocycles. The number of urea groups is 1. The van der Waals surface area contributed by atoms with Crippen molar-refractivity contribution in [1.82, 2.24) is 10.4 Å². The van der Waals surface area contributed by atoms with Crippen LogP contribution in [0.4, 0.5) is 10.5 Å².